The van der Waals surface area contributed by atoms with Crippen molar-refractivity contribution in [3.63, 3.8) is 0 Å². The lowest BCUT2D eigenvalue weighted by Crippen LogP contribution is -2.21. The van der Waals surface area contributed by atoms with Crippen LogP contribution in [0.2, 0.25) is 0 Å². The Morgan fingerprint density at radius 3 is 2.62 bits per heavy atom. The summed E-state index contributed by atoms with van der Waals surface area (Å²) in [7, 11) is 0. The van der Waals surface area contributed by atoms with E-state index in [-0.39, 0.29) is 24.5 Å². The first-order valence-corrected chi connectivity index (χ1v) is 9.79. The van der Waals surface area contributed by atoms with Crippen LogP contribution < -0.4 is 5.56 Å². The number of fused-ring (bicyclic) bond motifs is 1. The average molecular weight is 408 g/mol. The van der Waals surface area contributed by atoms with Crippen molar-refractivity contribution >= 4 is 27.5 Å². The van der Waals surface area contributed by atoms with Crippen LogP contribution >= 0.6 is 11.3 Å². The summed E-state index contributed by atoms with van der Waals surface area (Å²) in [6.45, 7) is 1.92. The zero-order chi connectivity index (χ0) is 20.4. The quantitative estimate of drug-likeness (QED) is 0.462. The second-order valence-electron chi connectivity index (χ2n) is 6.57. The van der Waals surface area contributed by atoms with E-state index in [2.05, 4.69) is 4.98 Å². The van der Waals surface area contributed by atoms with Gasteiger partial charge in [0, 0.05) is 5.56 Å². The summed E-state index contributed by atoms with van der Waals surface area (Å²) >= 11 is 1.13. The molecule has 4 rings (SSSR count). The molecule has 0 aliphatic rings. The lowest BCUT2D eigenvalue weighted by molar-refractivity contribution is 0.0478. The molecule has 0 amide bonds. The molecule has 0 unspecified atom stereocenters. The van der Waals surface area contributed by atoms with E-state index in [0.29, 0.717) is 26.2 Å². The Kier molecular flexibility index (Phi) is 5.22. The van der Waals surface area contributed by atoms with Crippen LogP contribution in [0.1, 0.15) is 26.4 Å². The Morgan fingerprint density at radius 2 is 1.86 bits per heavy atom. The average Bonchev–Trinajstić information content (AvgIpc) is 3.08. The molecule has 0 N–H and O–H groups in total. The number of aryl methyl sites for hydroxylation is 1. The van der Waals surface area contributed by atoms with E-state index >= 15 is 0 Å². The van der Waals surface area contributed by atoms with Gasteiger partial charge < -0.3 is 4.74 Å². The Bertz CT molecular complexity index is 1250. The number of hydrogen-bond donors (Lipinski definition) is 0. The molecule has 0 bridgehead atoms. The third-order valence-corrected chi connectivity index (χ3v) is 5.79. The third-order valence-electron chi connectivity index (χ3n) is 4.61. The molecule has 5 nitrogen and oxygen atoms in total. The molecule has 0 saturated heterocycles. The van der Waals surface area contributed by atoms with Crippen molar-refractivity contribution in [1.29, 1.82) is 0 Å². The Hall–Kier alpha value is -3.32. The first-order chi connectivity index (χ1) is 14.0. The van der Waals surface area contributed by atoms with E-state index in [0.717, 1.165) is 16.9 Å². The van der Waals surface area contributed by atoms with Gasteiger partial charge in [0.2, 0.25) is 0 Å². The molecule has 0 aliphatic carbocycles. The van der Waals surface area contributed by atoms with Gasteiger partial charge in [-0.3, -0.25) is 9.36 Å². The molecule has 146 valence electrons. The summed E-state index contributed by atoms with van der Waals surface area (Å²) in [4.78, 5) is 30.6. The van der Waals surface area contributed by atoms with Crippen LogP contribution in [0.3, 0.4) is 0 Å². The number of thiophene rings is 1. The number of benzene rings is 2. The molecule has 0 atom stereocenters. The van der Waals surface area contributed by atoms with Gasteiger partial charge in [-0.15, -0.1) is 11.3 Å². The highest BCUT2D eigenvalue weighted by atomic mass is 32.1. The molecular weight excluding hydrogens is 391 g/mol. The molecule has 0 aliphatic heterocycles. The maximum atomic E-state index is 13.9. The minimum atomic E-state index is -0.491. The number of esters is 1. The van der Waals surface area contributed by atoms with E-state index in [1.54, 1.807) is 25.1 Å². The minimum absolute atomic E-state index is 0.0670. The van der Waals surface area contributed by atoms with Crippen LogP contribution in [0, 0.1) is 12.7 Å². The Labute approximate surface area is 170 Å². The van der Waals surface area contributed by atoms with Gasteiger partial charge in [-0.1, -0.05) is 48.5 Å². The highest BCUT2D eigenvalue weighted by Gasteiger charge is 2.21. The van der Waals surface area contributed by atoms with E-state index < -0.39 is 5.97 Å². The van der Waals surface area contributed by atoms with Crippen LogP contribution in [0.5, 0.6) is 0 Å². The van der Waals surface area contributed by atoms with Gasteiger partial charge in [-0.2, -0.15) is 0 Å². The number of halogens is 1. The molecule has 2 heterocycles. The minimum Gasteiger partial charge on any atom is -0.457 e. The molecule has 7 heteroatoms. The topological polar surface area (TPSA) is 61.2 Å². The van der Waals surface area contributed by atoms with E-state index in [9.17, 15) is 14.0 Å². The standard InChI is InChI=1S/C22H17FN2O3S/c1-14-18-20(29-19(14)22(27)28-12-15-7-3-2-4-8-15)24-13-25(21(18)26)11-16-9-5-6-10-17(16)23/h2-10,13H,11-12H2,1H3. The van der Waals surface area contributed by atoms with Crippen LogP contribution in [-0.2, 0) is 17.9 Å². The summed E-state index contributed by atoms with van der Waals surface area (Å²) in [5.74, 6) is -0.874. The fourth-order valence-electron chi connectivity index (χ4n) is 3.07. The first-order valence-electron chi connectivity index (χ1n) is 8.97. The number of carbonyl (C=O) groups is 1. The fraction of sp³-hybridized carbons (Fsp3) is 0.136. The highest BCUT2D eigenvalue weighted by molar-refractivity contribution is 7.20. The van der Waals surface area contributed by atoms with Crippen molar-refractivity contribution in [2.45, 2.75) is 20.1 Å². The van der Waals surface area contributed by atoms with Gasteiger partial charge in [-0.05, 0) is 24.1 Å². The van der Waals surface area contributed by atoms with Crippen LogP contribution in [0.15, 0.2) is 65.7 Å². The SMILES string of the molecule is Cc1c(C(=O)OCc2ccccc2)sc2ncn(Cc3ccccc3F)c(=O)c12. The number of hydrogen-bond acceptors (Lipinski definition) is 5. The van der Waals surface area contributed by atoms with E-state index in [1.807, 2.05) is 30.3 Å². The van der Waals surface area contributed by atoms with Crippen molar-refractivity contribution in [3.05, 3.63) is 98.7 Å². The van der Waals surface area contributed by atoms with Crippen molar-refractivity contribution < 1.29 is 13.9 Å². The highest BCUT2D eigenvalue weighted by Crippen LogP contribution is 2.27. The largest absolute Gasteiger partial charge is 0.457 e. The predicted octanol–water partition coefficient (Wildman–Crippen LogP) is 4.31. The molecule has 2 aromatic heterocycles. The van der Waals surface area contributed by atoms with Gasteiger partial charge in [0.05, 0.1) is 18.3 Å². The number of carbonyl (C=O) groups excluding carboxylic acids is 1. The zero-order valence-corrected chi connectivity index (χ0v) is 16.4. The van der Waals surface area contributed by atoms with Gasteiger partial charge in [-0.25, -0.2) is 14.2 Å². The van der Waals surface area contributed by atoms with E-state index in [1.165, 1.54) is 17.0 Å². The summed E-state index contributed by atoms with van der Waals surface area (Å²) in [6, 6.07) is 15.7. The molecule has 4 aromatic rings. The molecular formula is C22H17FN2O3S. The molecule has 0 spiro atoms. The monoisotopic (exact) mass is 408 g/mol. The van der Waals surface area contributed by atoms with Gasteiger partial charge in [0.1, 0.15) is 22.1 Å². The molecule has 29 heavy (non-hydrogen) atoms. The number of ether oxygens (including phenoxy) is 1. The van der Waals surface area contributed by atoms with Gasteiger partial charge >= 0.3 is 5.97 Å². The van der Waals surface area contributed by atoms with Crippen molar-refractivity contribution in [3.8, 4) is 0 Å². The zero-order valence-electron chi connectivity index (χ0n) is 15.6. The predicted molar refractivity (Wildman–Crippen MR) is 110 cm³/mol. The second-order valence-corrected chi connectivity index (χ2v) is 7.57. The van der Waals surface area contributed by atoms with Crippen LogP contribution in [0.4, 0.5) is 4.39 Å². The first kappa shape index (κ1) is 19.0. The lowest BCUT2D eigenvalue weighted by atomic mass is 10.2. The maximum Gasteiger partial charge on any atom is 0.349 e. The third kappa shape index (κ3) is 3.82. The summed E-state index contributed by atoms with van der Waals surface area (Å²) < 4.78 is 20.7. The molecule has 0 radical (unpaired) electrons. The normalized spacial score (nSPS) is 11.0. The summed E-state index contributed by atoms with van der Waals surface area (Å²) in [5, 5.41) is 0.362. The fourth-order valence-corrected chi connectivity index (χ4v) is 4.10. The Morgan fingerprint density at radius 1 is 1.14 bits per heavy atom. The second kappa shape index (κ2) is 7.97. The van der Waals surface area contributed by atoms with Crippen molar-refractivity contribution in [1.82, 2.24) is 9.55 Å². The van der Waals surface area contributed by atoms with Crippen molar-refractivity contribution in [2.24, 2.45) is 0 Å². The van der Waals surface area contributed by atoms with E-state index in [4.69, 9.17) is 4.74 Å². The van der Waals surface area contributed by atoms with Crippen LogP contribution in [-0.4, -0.2) is 15.5 Å². The Balaban J connectivity index is 1.63. The summed E-state index contributed by atoms with van der Waals surface area (Å²) in [6.07, 6.45) is 1.38. The molecule has 0 fully saturated rings. The number of aromatic nitrogens is 2. The lowest BCUT2D eigenvalue weighted by Gasteiger charge is -2.06. The molecule has 0 saturated carbocycles. The van der Waals surface area contributed by atoms with Gasteiger partial charge in [0.25, 0.3) is 5.56 Å². The maximum absolute atomic E-state index is 13.9. The number of nitrogens with zero attached hydrogens (tertiary/aromatic N) is 2. The summed E-state index contributed by atoms with van der Waals surface area (Å²) in [5.41, 5.74) is 1.49. The van der Waals surface area contributed by atoms with Gasteiger partial charge in [0.15, 0.2) is 0 Å². The smallest absolute Gasteiger partial charge is 0.349 e. The van der Waals surface area contributed by atoms with Crippen molar-refractivity contribution in [2.75, 3.05) is 0 Å². The number of rotatable bonds is 5. The molecule has 2 aromatic carbocycles. The van der Waals surface area contributed by atoms with Crippen LogP contribution in [0.25, 0.3) is 10.2 Å².